The molecule has 23 heavy (non-hydrogen) atoms. The topological polar surface area (TPSA) is 46.1 Å². The molecule has 1 saturated heterocycles. The first-order chi connectivity index (χ1) is 10.5. The van der Waals surface area contributed by atoms with Crippen LogP contribution in [-0.4, -0.2) is 75.0 Å². The van der Waals surface area contributed by atoms with E-state index in [2.05, 4.69) is 37.2 Å². The van der Waals surface area contributed by atoms with Crippen LogP contribution in [0.3, 0.4) is 0 Å². The highest BCUT2D eigenvalue weighted by molar-refractivity contribution is 14.0. The highest BCUT2D eigenvalue weighted by Crippen LogP contribution is 2.22. The van der Waals surface area contributed by atoms with Gasteiger partial charge in [0.2, 0.25) is 0 Å². The maximum absolute atomic E-state index is 5.66. The van der Waals surface area contributed by atoms with E-state index in [4.69, 9.17) is 14.5 Å². The Bertz CT molecular complexity index is 343. The molecule has 1 unspecified atom stereocenters. The van der Waals surface area contributed by atoms with Gasteiger partial charge in [0.15, 0.2) is 5.96 Å². The van der Waals surface area contributed by atoms with Crippen LogP contribution in [0.2, 0.25) is 0 Å². The summed E-state index contributed by atoms with van der Waals surface area (Å²) in [7, 11) is 1.70. The molecule has 0 aliphatic carbocycles. The van der Waals surface area contributed by atoms with Gasteiger partial charge in [0.1, 0.15) is 0 Å². The fraction of sp³-hybridized carbons (Fsp3) is 0.938. The van der Waals surface area contributed by atoms with E-state index in [1.807, 2.05) is 11.8 Å². The molecule has 0 aromatic heterocycles. The number of nitrogens with one attached hydrogen (secondary N) is 1. The number of thioether (sulfide) groups is 1. The quantitative estimate of drug-likeness (QED) is 0.249. The molecule has 1 aliphatic rings. The number of aliphatic imine (C=N–C) groups is 1. The molecule has 1 atom stereocenters. The van der Waals surface area contributed by atoms with Gasteiger partial charge in [-0.25, -0.2) is 0 Å². The standard InChI is InChI=1S/C16H33N3O2S.HI/c1-6-17-15(18-13-16(2,3)22-5)19-8-7-14(11-19)12-21-10-9-20-4;/h14H,6-13H2,1-5H3,(H,17,18);1H. The van der Waals surface area contributed by atoms with Gasteiger partial charge in [0, 0.05) is 37.4 Å². The minimum absolute atomic E-state index is 0. The summed E-state index contributed by atoms with van der Waals surface area (Å²) in [6.45, 7) is 12.6. The molecule has 138 valence electrons. The Kier molecular flexibility index (Phi) is 12.8. The molecule has 0 aromatic carbocycles. The number of hydrogen-bond donors (Lipinski definition) is 1. The van der Waals surface area contributed by atoms with Crippen molar-refractivity contribution >= 4 is 41.7 Å². The van der Waals surface area contributed by atoms with Gasteiger partial charge < -0.3 is 19.7 Å². The minimum Gasteiger partial charge on any atom is -0.382 e. The van der Waals surface area contributed by atoms with Crippen LogP contribution in [0.25, 0.3) is 0 Å². The van der Waals surface area contributed by atoms with Gasteiger partial charge in [0.25, 0.3) is 0 Å². The molecule has 0 aromatic rings. The summed E-state index contributed by atoms with van der Waals surface area (Å²) in [5, 5.41) is 3.42. The van der Waals surface area contributed by atoms with E-state index in [0.29, 0.717) is 19.1 Å². The lowest BCUT2D eigenvalue weighted by molar-refractivity contribution is 0.0536. The number of likely N-dealkylation sites (tertiary alicyclic amines) is 1. The zero-order valence-electron chi connectivity index (χ0n) is 15.3. The summed E-state index contributed by atoms with van der Waals surface area (Å²) in [5.41, 5.74) is 0. The number of guanidine groups is 1. The van der Waals surface area contributed by atoms with Crippen LogP contribution >= 0.6 is 35.7 Å². The molecule has 0 spiro atoms. The molecule has 0 saturated carbocycles. The maximum atomic E-state index is 5.66. The van der Waals surface area contributed by atoms with E-state index in [1.165, 1.54) is 6.42 Å². The molecule has 0 amide bonds. The lowest BCUT2D eigenvalue weighted by Crippen LogP contribution is -2.41. The molecule has 1 fully saturated rings. The smallest absolute Gasteiger partial charge is 0.193 e. The summed E-state index contributed by atoms with van der Waals surface area (Å²) in [6, 6.07) is 0. The highest BCUT2D eigenvalue weighted by atomic mass is 127. The average Bonchev–Trinajstić information content (AvgIpc) is 2.97. The van der Waals surface area contributed by atoms with Crippen molar-refractivity contribution in [2.75, 3.05) is 59.4 Å². The van der Waals surface area contributed by atoms with Gasteiger partial charge in [-0.15, -0.1) is 24.0 Å². The molecular formula is C16H34IN3O2S. The predicted molar refractivity (Wildman–Crippen MR) is 111 cm³/mol. The normalized spacial score (nSPS) is 18.9. The number of hydrogen-bond acceptors (Lipinski definition) is 4. The Morgan fingerprint density at radius 1 is 1.39 bits per heavy atom. The lowest BCUT2D eigenvalue weighted by Gasteiger charge is -2.24. The van der Waals surface area contributed by atoms with Crippen molar-refractivity contribution in [1.29, 1.82) is 0 Å². The first kappa shape index (κ1) is 23.3. The summed E-state index contributed by atoms with van der Waals surface area (Å²) >= 11 is 1.86. The maximum Gasteiger partial charge on any atom is 0.193 e. The van der Waals surface area contributed by atoms with E-state index < -0.39 is 0 Å². The number of methoxy groups -OCH3 is 1. The Morgan fingerprint density at radius 2 is 2.13 bits per heavy atom. The third-order valence-electron chi connectivity index (χ3n) is 3.87. The molecule has 0 bridgehead atoms. The SMILES string of the molecule is CCNC(=NCC(C)(C)SC)N1CCC(COCCOC)C1.I. The van der Waals surface area contributed by atoms with Gasteiger partial charge in [-0.2, -0.15) is 11.8 Å². The van der Waals surface area contributed by atoms with Crippen molar-refractivity contribution in [1.82, 2.24) is 10.2 Å². The zero-order chi connectivity index (χ0) is 16.4. The zero-order valence-corrected chi connectivity index (χ0v) is 18.4. The van der Waals surface area contributed by atoms with Crippen molar-refractivity contribution in [3.8, 4) is 0 Å². The van der Waals surface area contributed by atoms with Crippen molar-refractivity contribution in [2.24, 2.45) is 10.9 Å². The fourth-order valence-electron chi connectivity index (χ4n) is 2.31. The van der Waals surface area contributed by atoms with Gasteiger partial charge in [-0.3, -0.25) is 4.99 Å². The Labute approximate surface area is 163 Å². The Morgan fingerprint density at radius 3 is 2.74 bits per heavy atom. The largest absolute Gasteiger partial charge is 0.382 e. The van der Waals surface area contributed by atoms with Crippen LogP contribution in [0.4, 0.5) is 0 Å². The molecule has 7 heteroatoms. The van der Waals surface area contributed by atoms with Crippen molar-refractivity contribution in [2.45, 2.75) is 31.9 Å². The summed E-state index contributed by atoms with van der Waals surface area (Å²) < 4.78 is 10.9. The predicted octanol–water partition coefficient (Wildman–Crippen LogP) is 2.70. The van der Waals surface area contributed by atoms with Gasteiger partial charge in [-0.05, 0) is 33.4 Å². The molecule has 0 radical (unpaired) electrons. The van der Waals surface area contributed by atoms with Gasteiger partial charge in [-0.1, -0.05) is 0 Å². The second-order valence-electron chi connectivity index (χ2n) is 6.30. The first-order valence-electron chi connectivity index (χ1n) is 8.17. The van der Waals surface area contributed by atoms with Crippen LogP contribution < -0.4 is 5.32 Å². The van der Waals surface area contributed by atoms with Crippen LogP contribution in [0, 0.1) is 5.92 Å². The first-order valence-corrected chi connectivity index (χ1v) is 9.40. The third-order valence-corrected chi connectivity index (χ3v) is 5.10. The number of nitrogens with zero attached hydrogens (tertiary/aromatic N) is 2. The van der Waals surface area contributed by atoms with E-state index in [0.717, 1.165) is 38.7 Å². The van der Waals surface area contributed by atoms with E-state index in [1.54, 1.807) is 7.11 Å². The van der Waals surface area contributed by atoms with E-state index >= 15 is 0 Å². The molecule has 1 N–H and O–H groups in total. The summed E-state index contributed by atoms with van der Waals surface area (Å²) in [5.74, 6) is 1.64. The van der Waals surface area contributed by atoms with Crippen LogP contribution in [-0.2, 0) is 9.47 Å². The molecule has 1 rings (SSSR count). The van der Waals surface area contributed by atoms with Crippen molar-refractivity contribution < 1.29 is 9.47 Å². The van der Waals surface area contributed by atoms with E-state index in [-0.39, 0.29) is 28.7 Å². The fourth-order valence-corrected chi connectivity index (χ4v) is 2.50. The molecule has 1 aliphatic heterocycles. The highest BCUT2D eigenvalue weighted by Gasteiger charge is 2.25. The van der Waals surface area contributed by atoms with Crippen LogP contribution in [0.15, 0.2) is 4.99 Å². The monoisotopic (exact) mass is 459 g/mol. The third kappa shape index (κ3) is 9.36. The van der Waals surface area contributed by atoms with E-state index in [9.17, 15) is 0 Å². The minimum atomic E-state index is 0. The second kappa shape index (κ2) is 12.6. The van der Waals surface area contributed by atoms with Crippen molar-refractivity contribution in [3.63, 3.8) is 0 Å². The average molecular weight is 459 g/mol. The lowest BCUT2D eigenvalue weighted by atomic mass is 10.1. The van der Waals surface area contributed by atoms with Gasteiger partial charge >= 0.3 is 0 Å². The van der Waals surface area contributed by atoms with Crippen LogP contribution in [0.5, 0.6) is 0 Å². The number of halogens is 1. The van der Waals surface area contributed by atoms with Gasteiger partial charge in [0.05, 0.1) is 26.4 Å². The molecule has 1 heterocycles. The van der Waals surface area contributed by atoms with Crippen molar-refractivity contribution in [3.05, 3.63) is 0 Å². The molecular weight excluding hydrogens is 425 g/mol. The molecule has 5 nitrogen and oxygen atoms in total. The number of ether oxygens (including phenoxy) is 2. The second-order valence-corrected chi connectivity index (χ2v) is 7.82. The summed E-state index contributed by atoms with van der Waals surface area (Å²) in [4.78, 5) is 7.20. The number of rotatable bonds is 9. The van der Waals surface area contributed by atoms with Crippen LogP contribution in [0.1, 0.15) is 27.2 Å². The Hall–Kier alpha value is 0.270. The Balaban J connectivity index is 0.00000484. The summed E-state index contributed by atoms with van der Waals surface area (Å²) in [6.07, 6.45) is 3.31.